The summed E-state index contributed by atoms with van der Waals surface area (Å²) in [6, 6.07) is 0. The molecule has 0 aromatic rings. The van der Waals surface area contributed by atoms with E-state index in [9.17, 15) is 0 Å². The summed E-state index contributed by atoms with van der Waals surface area (Å²) >= 11 is 0. The monoisotopic (exact) mass is 297 g/mol. The smallest absolute Gasteiger partial charge is 0.196 e. The van der Waals surface area contributed by atoms with Gasteiger partial charge in [-0.1, -0.05) is 53.4 Å². The van der Waals surface area contributed by atoms with Gasteiger partial charge < -0.3 is 9.80 Å². The van der Waals surface area contributed by atoms with E-state index >= 15 is 0 Å². The number of hydrogen-bond donors (Lipinski definition) is 0. The van der Waals surface area contributed by atoms with Crippen LogP contribution in [0, 0.1) is 0 Å². The molecule has 0 saturated carbocycles. The Morgan fingerprint density at radius 1 is 0.619 bits per heavy atom. The van der Waals surface area contributed by atoms with Crippen LogP contribution in [-0.2, 0) is 0 Å². The topological polar surface area (TPSA) is 18.8 Å². The first kappa shape index (κ1) is 20.3. The molecular formula is C18H39N3. The summed E-state index contributed by atoms with van der Waals surface area (Å²) in [7, 11) is 1.96. The highest BCUT2D eigenvalue weighted by molar-refractivity contribution is 5.80. The molecule has 0 atom stereocenters. The molecule has 126 valence electrons. The highest BCUT2D eigenvalue weighted by Gasteiger charge is 2.16. The second-order valence-electron chi connectivity index (χ2n) is 5.91. The normalized spacial score (nSPS) is 10.5. The summed E-state index contributed by atoms with van der Waals surface area (Å²) in [5.41, 5.74) is 0. The molecule has 0 N–H and O–H groups in total. The van der Waals surface area contributed by atoms with Gasteiger partial charge >= 0.3 is 0 Å². The second kappa shape index (κ2) is 14.2. The molecule has 21 heavy (non-hydrogen) atoms. The summed E-state index contributed by atoms with van der Waals surface area (Å²) in [4.78, 5) is 9.72. The molecule has 0 amide bonds. The fourth-order valence-corrected chi connectivity index (χ4v) is 2.50. The van der Waals surface area contributed by atoms with E-state index in [0.29, 0.717) is 0 Å². The predicted molar refractivity (Wildman–Crippen MR) is 96.1 cm³/mol. The van der Waals surface area contributed by atoms with Gasteiger partial charge in [-0.2, -0.15) is 0 Å². The molecule has 0 rings (SSSR count). The highest BCUT2D eigenvalue weighted by Crippen LogP contribution is 2.08. The third-order valence-corrected chi connectivity index (χ3v) is 3.89. The molecule has 0 spiro atoms. The molecular weight excluding hydrogens is 258 g/mol. The van der Waals surface area contributed by atoms with E-state index in [0.717, 1.165) is 26.2 Å². The number of nitrogens with zero attached hydrogens (tertiary/aromatic N) is 3. The lowest BCUT2D eigenvalue weighted by Gasteiger charge is -2.34. The fraction of sp³-hybridized carbons (Fsp3) is 0.944. The van der Waals surface area contributed by atoms with Crippen molar-refractivity contribution in [3.05, 3.63) is 0 Å². The Bertz CT molecular complexity index is 213. The van der Waals surface area contributed by atoms with Gasteiger partial charge in [0.1, 0.15) is 0 Å². The summed E-state index contributed by atoms with van der Waals surface area (Å²) in [6.07, 6.45) is 10.1. The van der Waals surface area contributed by atoms with Crippen LogP contribution in [-0.4, -0.2) is 49.0 Å². The van der Waals surface area contributed by atoms with Crippen LogP contribution in [0.2, 0.25) is 0 Å². The van der Waals surface area contributed by atoms with Gasteiger partial charge in [0.15, 0.2) is 5.96 Å². The molecule has 0 aromatic heterocycles. The van der Waals surface area contributed by atoms with E-state index < -0.39 is 0 Å². The molecule has 0 aromatic carbocycles. The van der Waals surface area contributed by atoms with Gasteiger partial charge in [0.05, 0.1) is 0 Å². The Kier molecular flexibility index (Phi) is 13.7. The average Bonchev–Trinajstić information content (AvgIpc) is 2.51. The Hall–Kier alpha value is -0.730. The third-order valence-electron chi connectivity index (χ3n) is 3.89. The first-order valence-electron chi connectivity index (χ1n) is 9.21. The maximum absolute atomic E-state index is 4.67. The summed E-state index contributed by atoms with van der Waals surface area (Å²) < 4.78 is 0. The van der Waals surface area contributed by atoms with Crippen LogP contribution < -0.4 is 0 Å². The largest absolute Gasteiger partial charge is 0.343 e. The quantitative estimate of drug-likeness (QED) is 0.381. The van der Waals surface area contributed by atoms with Crippen LogP contribution in [0.25, 0.3) is 0 Å². The minimum Gasteiger partial charge on any atom is -0.343 e. The van der Waals surface area contributed by atoms with Crippen molar-refractivity contribution in [1.29, 1.82) is 0 Å². The number of hydrogen-bond acceptors (Lipinski definition) is 1. The zero-order chi connectivity index (χ0) is 15.9. The fourth-order valence-electron chi connectivity index (χ4n) is 2.50. The van der Waals surface area contributed by atoms with E-state index in [2.05, 4.69) is 42.5 Å². The van der Waals surface area contributed by atoms with E-state index in [-0.39, 0.29) is 0 Å². The Morgan fingerprint density at radius 3 is 1.10 bits per heavy atom. The van der Waals surface area contributed by atoms with Gasteiger partial charge in [0.2, 0.25) is 0 Å². The van der Waals surface area contributed by atoms with E-state index in [1.165, 1.54) is 57.3 Å². The van der Waals surface area contributed by atoms with Crippen LogP contribution in [0.1, 0.15) is 79.1 Å². The van der Waals surface area contributed by atoms with Gasteiger partial charge in [-0.15, -0.1) is 0 Å². The van der Waals surface area contributed by atoms with Crippen molar-refractivity contribution in [3.8, 4) is 0 Å². The minimum atomic E-state index is 1.15. The molecule has 0 unspecified atom stereocenters. The van der Waals surface area contributed by atoms with Crippen molar-refractivity contribution in [3.63, 3.8) is 0 Å². The van der Waals surface area contributed by atoms with Crippen LogP contribution in [0.4, 0.5) is 0 Å². The summed E-state index contributed by atoms with van der Waals surface area (Å²) in [6.45, 7) is 13.7. The van der Waals surface area contributed by atoms with Gasteiger partial charge in [-0.25, -0.2) is 0 Å². The van der Waals surface area contributed by atoms with Crippen molar-refractivity contribution < 1.29 is 0 Å². The molecule has 3 nitrogen and oxygen atoms in total. The maximum atomic E-state index is 4.67. The summed E-state index contributed by atoms with van der Waals surface area (Å²) in [5, 5.41) is 0. The van der Waals surface area contributed by atoms with Crippen molar-refractivity contribution in [2.45, 2.75) is 79.1 Å². The predicted octanol–water partition coefficient (Wildman–Crippen LogP) is 4.78. The van der Waals surface area contributed by atoms with Crippen LogP contribution >= 0.6 is 0 Å². The average molecular weight is 298 g/mol. The Labute approximate surface area is 133 Å². The molecule has 0 aliphatic rings. The summed E-state index contributed by atoms with van der Waals surface area (Å²) in [5.74, 6) is 1.24. The van der Waals surface area contributed by atoms with Crippen LogP contribution in [0.5, 0.6) is 0 Å². The molecule has 0 radical (unpaired) electrons. The molecule has 0 saturated heterocycles. The molecule has 0 aliphatic carbocycles. The molecule has 3 heteroatoms. The number of aliphatic imine (C=N–C) groups is 1. The number of unbranched alkanes of at least 4 members (excludes halogenated alkanes) is 4. The Balaban J connectivity index is 4.83. The zero-order valence-electron chi connectivity index (χ0n) is 15.3. The first-order chi connectivity index (χ1) is 10.2. The molecule has 0 aliphatic heterocycles. The molecule has 0 heterocycles. The van der Waals surface area contributed by atoms with Gasteiger partial charge in [0.25, 0.3) is 0 Å². The lowest BCUT2D eigenvalue weighted by Crippen LogP contribution is -2.46. The number of guanidine groups is 1. The minimum absolute atomic E-state index is 1.15. The van der Waals surface area contributed by atoms with Crippen molar-refractivity contribution in [2.75, 3.05) is 33.2 Å². The van der Waals surface area contributed by atoms with Crippen LogP contribution in [0.3, 0.4) is 0 Å². The number of rotatable bonds is 12. The van der Waals surface area contributed by atoms with Gasteiger partial charge in [-0.05, 0) is 25.7 Å². The first-order valence-corrected chi connectivity index (χ1v) is 9.21. The van der Waals surface area contributed by atoms with Crippen molar-refractivity contribution in [1.82, 2.24) is 9.80 Å². The lowest BCUT2D eigenvalue weighted by atomic mass is 10.2. The van der Waals surface area contributed by atoms with Gasteiger partial charge in [-0.3, -0.25) is 4.99 Å². The second-order valence-corrected chi connectivity index (χ2v) is 5.91. The molecule has 0 fully saturated rings. The standard InChI is InChI=1S/C18H39N3/c1-6-10-14-20(15-11-7-2)18(19-5)21(16-12-8-3)17-13-9-4/h6-17H2,1-5H3. The molecule has 0 bridgehead atoms. The van der Waals surface area contributed by atoms with E-state index in [1.807, 2.05) is 7.05 Å². The third kappa shape index (κ3) is 9.00. The van der Waals surface area contributed by atoms with Crippen molar-refractivity contribution in [2.24, 2.45) is 4.99 Å². The van der Waals surface area contributed by atoms with E-state index in [4.69, 9.17) is 0 Å². The SMILES string of the molecule is CCCCN(CCCC)C(=NC)N(CCCC)CCCC. The van der Waals surface area contributed by atoms with E-state index in [1.54, 1.807) is 0 Å². The zero-order valence-corrected chi connectivity index (χ0v) is 15.3. The lowest BCUT2D eigenvalue weighted by molar-refractivity contribution is 0.301. The maximum Gasteiger partial charge on any atom is 0.196 e. The highest BCUT2D eigenvalue weighted by atomic mass is 15.4. The van der Waals surface area contributed by atoms with Crippen LogP contribution in [0.15, 0.2) is 4.99 Å². The van der Waals surface area contributed by atoms with Gasteiger partial charge in [0, 0.05) is 33.2 Å². The van der Waals surface area contributed by atoms with Crippen molar-refractivity contribution >= 4 is 5.96 Å². The Morgan fingerprint density at radius 2 is 0.905 bits per heavy atom.